The molecule has 0 aromatic heterocycles. The van der Waals surface area contributed by atoms with Gasteiger partial charge in [0.1, 0.15) is 0 Å². The van der Waals surface area contributed by atoms with Gasteiger partial charge in [0.05, 0.1) is 11.7 Å². The fraction of sp³-hybridized carbons (Fsp3) is 1.00. The number of fused-ring (bicyclic) bond motifs is 5. The Morgan fingerprint density at radius 1 is 0.931 bits per heavy atom. The molecular weight excluding hydrogens is 356 g/mol. The highest BCUT2D eigenvalue weighted by Crippen LogP contribution is 2.66. The minimum Gasteiger partial charge on any atom is -0.393 e. The summed E-state index contributed by atoms with van der Waals surface area (Å²) in [6.07, 6.45) is 15.3. The van der Waals surface area contributed by atoms with Crippen LogP contribution in [-0.4, -0.2) is 21.9 Å². The van der Waals surface area contributed by atoms with Gasteiger partial charge in [0.15, 0.2) is 0 Å². The molecule has 2 N–H and O–H groups in total. The summed E-state index contributed by atoms with van der Waals surface area (Å²) in [4.78, 5) is 0. The Labute approximate surface area is 180 Å². The highest BCUT2D eigenvalue weighted by atomic mass is 16.3. The Kier molecular flexibility index (Phi) is 5.95. The zero-order valence-electron chi connectivity index (χ0n) is 19.9. The molecule has 0 amide bonds. The van der Waals surface area contributed by atoms with Crippen LogP contribution in [0.2, 0.25) is 0 Å². The molecule has 2 heteroatoms. The molecule has 0 aromatic rings. The molecule has 168 valence electrons. The van der Waals surface area contributed by atoms with E-state index >= 15 is 0 Å². The number of aliphatic hydroxyl groups is 2. The van der Waals surface area contributed by atoms with E-state index in [9.17, 15) is 10.2 Å². The Morgan fingerprint density at radius 3 is 2.34 bits per heavy atom. The predicted octanol–water partition coefficient (Wildman–Crippen LogP) is 6.58. The number of hydrogen-bond acceptors (Lipinski definition) is 2. The molecule has 0 unspecified atom stereocenters. The lowest BCUT2D eigenvalue weighted by Crippen LogP contribution is -2.48. The van der Waals surface area contributed by atoms with Gasteiger partial charge in [0.25, 0.3) is 0 Å². The molecule has 0 saturated heterocycles. The largest absolute Gasteiger partial charge is 0.393 e. The highest BCUT2D eigenvalue weighted by Gasteiger charge is 2.58. The first-order valence-corrected chi connectivity index (χ1v) is 12.9. The van der Waals surface area contributed by atoms with Crippen molar-refractivity contribution in [1.29, 1.82) is 0 Å². The van der Waals surface area contributed by atoms with E-state index in [0.29, 0.717) is 10.8 Å². The maximum absolute atomic E-state index is 10.4. The SMILES string of the molecule is C[C@H](CCC(C)(C)O)[C@H]1CC[C@H]2[C@H]3CCC[C@]4(C)C[C@@H](O)CC[C@@H]4[C@H]3CC[C@]12C. The summed E-state index contributed by atoms with van der Waals surface area (Å²) >= 11 is 0. The Hall–Kier alpha value is -0.0800. The highest BCUT2D eigenvalue weighted by molar-refractivity contribution is 5.07. The first-order valence-electron chi connectivity index (χ1n) is 12.9. The quantitative estimate of drug-likeness (QED) is 0.555. The van der Waals surface area contributed by atoms with E-state index < -0.39 is 5.60 Å². The molecule has 0 radical (unpaired) electrons. The molecule has 4 aliphatic rings. The summed E-state index contributed by atoms with van der Waals surface area (Å²) in [5.74, 6) is 5.20. The van der Waals surface area contributed by atoms with Crippen LogP contribution in [0.1, 0.15) is 112 Å². The summed E-state index contributed by atoms with van der Waals surface area (Å²) in [7, 11) is 0. The third-order valence-corrected chi connectivity index (χ3v) is 10.7. The third kappa shape index (κ3) is 4.07. The molecule has 0 aliphatic heterocycles. The van der Waals surface area contributed by atoms with Crippen molar-refractivity contribution in [2.24, 2.45) is 46.3 Å². The first kappa shape index (κ1) is 22.1. The van der Waals surface area contributed by atoms with E-state index in [1.165, 1.54) is 57.8 Å². The van der Waals surface area contributed by atoms with Crippen molar-refractivity contribution in [3.63, 3.8) is 0 Å². The predicted molar refractivity (Wildman–Crippen MR) is 121 cm³/mol. The van der Waals surface area contributed by atoms with Crippen LogP contribution >= 0.6 is 0 Å². The minimum absolute atomic E-state index is 0.0471. The lowest BCUT2D eigenvalue weighted by atomic mass is 9.51. The zero-order chi connectivity index (χ0) is 21.0. The van der Waals surface area contributed by atoms with Gasteiger partial charge in [-0.25, -0.2) is 0 Å². The molecule has 0 spiro atoms. The summed E-state index contributed by atoms with van der Waals surface area (Å²) in [5.41, 5.74) is 0.389. The summed E-state index contributed by atoms with van der Waals surface area (Å²) < 4.78 is 0. The normalized spacial score (nSPS) is 48.9. The van der Waals surface area contributed by atoms with Crippen LogP contribution in [-0.2, 0) is 0 Å². The molecule has 4 rings (SSSR count). The Morgan fingerprint density at radius 2 is 1.62 bits per heavy atom. The van der Waals surface area contributed by atoms with Crippen molar-refractivity contribution < 1.29 is 10.2 Å². The number of aliphatic hydroxyl groups excluding tert-OH is 1. The van der Waals surface area contributed by atoms with Crippen molar-refractivity contribution in [3.05, 3.63) is 0 Å². The second-order valence-electron chi connectivity index (χ2n) is 13.1. The van der Waals surface area contributed by atoms with Crippen LogP contribution in [0, 0.1) is 46.3 Å². The average Bonchev–Trinajstić information content (AvgIpc) is 2.89. The monoisotopic (exact) mass is 404 g/mol. The molecule has 0 aromatic carbocycles. The molecular formula is C27H48O2. The number of rotatable bonds is 4. The molecule has 9 atom stereocenters. The second kappa shape index (κ2) is 7.80. The number of hydrogen-bond donors (Lipinski definition) is 2. The van der Waals surface area contributed by atoms with Gasteiger partial charge in [-0.1, -0.05) is 27.2 Å². The standard InChI is InChI=1S/C27H48O2/c1-18(12-15-25(2,3)29)22-10-11-24-20-7-6-14-26(4)17-19(28)8-9-23(26)21(20)13-16-27(22,24)5/h18-24,28-29H,6-17H2,1-5H3/t18-,19+,20+,21+,22-,23-,24+,26-,27-/m1/s1. The molecule has 4 saturated carbocycles. The van der Waals surface area contributed by atoms with Crippen molar-refractivity contribution in [2.45, 2.75) is 123 Å². The fourth-order valence-electron chi connectivity index (χ4n) is 9.26. The van der Waals surface area contributed by atoms with Crippen molar-refractivity contribution in [1.82, 2.24) is 0 Å². The molecule has 0 heterocycles. The van der Waals surface area contributed by atoms with E-state index in [4.69, 9.17) is 0 Å². The van der Waals surface area contributed by atoms with Crippen molar-refractivity contribution >= 4 is 0 Å². The van der Waals surface area contributed by atoms with Gasteiger partial charge in [-0.05, 0) is 131 Å². The van der Waals surface area contributed by atoms with Crippen LogP contribution in [0.3, 0.4) is 0 Å². The zero-order valence-corrected chi connectivity index (χ0v) is 19.9. The molecule has 4 aliphatic carbocycles. The van der Waals surface area contributed by atoms with Gasteiger partial charge in [-0.2, -0.15) is 0 Å². The van der Waals surface area contributed by atoms with Crippen LogP contribution in [0.4, 0.5) is 0 Å². The maximum Gasteiger partial charge on any atom is 0.0591 e. The van der Waals surface area contributed by atoms with E-state index in [1.807, 2.05) is 13.8 Å². The minimum atomic E-state index is -0.526. The Balaban J connectivity index is 1.51. The lowest BCUT2D eigenvalue weighted by Gasteiger charge is -2.54. The van der Waals surface area contributed by atoms with Gasteiger partial charge in [-0.3, -0.25) is 0 Å². The van der Waals surface area contributed by atoms with Gasteiger partial charge in [0, 0.05) is 0 Å². The summed E-state index contributed by atoms with van der Waals surface area (Å²) in [6.45, 7) is 11.6. The summed E-state index contributed by atoms with van der Waals surface area (Å²) in [6, 6.07) is 0. The molecule has 4 fully saturated rings. The maximum atomic E-state index is 10.4. The smallest absolute Gasteiger partial charge is 0.0591 e. The molecule has 2 nitrogen and oxygen atoms in total. The van der Waals surface area contributed by atoms with E-state index in [1.54, 1.807) is 0 Å². The Bertz CT molecular complexity index is 580. The van der Waals surface area contributed by atoms with Crippen LogP contribution in [0.5, 0.6) is 0 Å². The van der Waals surface area contributed by atoms with Crippen molar-refractivity contribution in [3.8, 4) is 0 Å². The average molecular weight is 405 g/mol. The second-order valence-corrected chi connectivity index (χ2v) is 13.1. The fourth-order valence-corrected chi connectivity index (χ4v) is 9.26. The summed E-state index contributed by atoms with van der Waals surface area (Å²) in [5, 5.41) is 20.6. The van der Waals surface area contributed by atoms with Gasteiger partial charge < -0.3 is 10.2 Å². The van der Waals surface area contributed by atoms with Gasteiger partial charge in [-0.15, -0.1) is 0 Å². The van der Waals surface area contributed by atoms with E-state index in [-0.39, 0.29) is 6.10 Å². The van der Waals surface area contributed by atoms with Crippen LogP contribution in [0.15, 0.2) is 0 Å². The first-order chi connectivity index (χ1) is 13.5. The lowest BCUT2D eigenvalue weighted by molar-refractivity contribution is -0.0698. The van der Waals surface area contributed by atoms with Gasteiger partial charge in [0.2, 0.25) is 0 Å². The van der Waals surface area contributed by atoms with E-state index in [0.717, 1.165) is 54.8 Å². The topological polar surface area (TPSA) is 40.5 Å². The third-order valence-electron chi connectivity index (χ3n) is 10.7. The molecule has 0 bridgehead atoms. The van der Waals surface area contributed by atoms with Crippen molar-refractivity contribution in [2.75, 3.05) is 0 Å². The van der Waals surface area contributed by atoms with Gasteiger partial charge >= 0.3 is 0 Å². The molecule has 29 heavy (non-hydrogen) atoms. The van der Waals surface area contributed by atoms with E-state index in [2.05, 4.69) is 20.8 Å². The van der Waals surface area contributed by atoms with Crippen LogP contribution in [0.25, 0.3) is 0 Å². The van der Waals surface area contributed by atoms with Crippen LogP contribution < -0.4 is 0 Å².